The molecular formula is C23H23N3O4S2. The van der Waals surface area contributed by atoms with Gasteiger partial charge in [0.25, 0.3) is 10.0 Å². The number of hydrogen-bond acceptors (Lipinski definition) is 5. The van der Waals surface area contributed by atoms with E-state index in [1.165, 1.54) is 24.3 Å². The van der Waals surface area contributed by atoms with E-state index < -0.39 is 15.9 Å². The second-order valence-corrected chi connectivity index (χ2v) is 9.32. The third-order valence-corrected chi connectivity index (χ3v) is 5.89. The number of sulfonamides is 1. The molecule has 0 radical (unpaired) electrons. The van der Waals surface area contributed by atoms with Crippen molar-refractivity contribution in [3.63, 3.8) is 0 Å². The third kappa shape index (κ3) is 6.53. The van der Waals surface area contributed by atoms with Gasteiger partial charge >= 0.3 is 0 Å². The lowest BCUT2D eigenvalue weighted by Gasteiger charge is -2.11. The number of carbonyl (C=O) groups is 1. The summed E-state index contributed by atoms with van der Waals surface area (Å²) in [6, 6.07) is 15.1. The summed E-state index contributed by atoms with van der Waals surface area (Å²) in [4.78, 5) is 12.1. The number of anilines is 2. The maximum atomic E-state index is 12.7. The fraction of sp³-hybridized carbons (Fsp3) is 0.130. The van der Waals surface area contributed by atoms with Crippen LogP contribution < -0.4 is 15.4 Å². The SMILES string of the molecule is Cc1cc(C)cc(NS(=O)(=O)c2ccc(NC(=S)NC(=O)C=Cc3ccc(C)o3)cc2)c1. The van der Waals surface area contributed by atoms with Crippen molar-refractivity contribution in [2.45, 2.75) is 25.7 Å². The first kappa shape index (κ1) is 23.2. The molecule has 0 saturated heterocycles. The minimum absolute atomic E-state index is 0.0826. The second kappa shape index (κ2) is 9.80. The molecular weight excluding hydrogens is 446 g/mol. The molecule has 0 aliphatic heterocycles. The van der Waals surface area contributed by atoms with Crippen LogP contribution in [0.4, 0.5) is 11.4 Å². The van der Waals surface area contributed by atoms with Crippen LogP contribution in [0.2, 0.25) is 0 Å². The van der Waals surface area contributed by atoms with E-state index in [1.807, 2.05) is 26.8 Å². The Labute approximate surface area is 192 Å². The molecule has 3 rings (SSSR count). The molecule has 0 bridgehead atoms. The van der Waals surface area contributed by atoms with E-state index in [-0.39, 0.29) is 10.0 Å². The summed E-state index contributed by atoms with van der Waals surface area (Å²) >= 11 is 5.13. The van der Waals surface area contributed by atoms with Crippen molar-refractivity contribution in [1.82, 2.24) is 5.32 Å². The van der Waals surface area contributed by atoms with Gasteiger partial charge in [0.15, 0.2) is 5.11 Å². The van der Waals surface area contributed by atoms with Crippen LogP contribution in [0.5, 0.6) is 0 Å². The lowest BCUT2D eigenvalue weighted by atomic mass is 10.1. The number of rotatable bonds is 6. The minimum Gasteiger partial charge on any atom is -0.462 e. The van der Waals surface area contributed by atoms with E-state index in [0.717, 1.165) is 16.9 Å². The van der Waals surface area contributed by atoms with Gasteiger partial charge in [-0.3, -0.25) is 14.8 Å². The highest BCUT2D eigenvalue weighted by atomic mass is 32.2. The number of aryl methyl sites for hydroxylation is 3. The number of hydrogen-bond donors (Lipinski definition) is 3. The molecule has 0 spiro atoms. The average Bonchev–Trinajstić information content (AvgIpc) is 3.11. The van der Waals surface area contributed by atoms with Crippen molar-refractivity contribution in [2.24, 2.45) is 0 Å². The summed E-state index contributed by atoms with van der Waals surface area (Å²) in [5.41, 5.74) is 2.97. The Bertz CT molecular complexity index is 1260. The predicted molar refractivity (Wildman–Crippen MR) is 130 cm³/mol. The van der Waals surface area contributed by atoms with Gasteiger partial charge in [0, 0.05) is 17.5 Å². The van der Waals surface area contributed by atoms with Crippen molar-refractivity contribution >= 4 is 50.7 Å². The van der Waals surface area contributed by atoms with Gasteiger partial charge in [-0.2, -0.15) is 0 Å². The number of amides is 1. The highest BCUT2D eigenvalue weighted by molar-refractivity contribution is 7.92. The molecule has 0 saturated carbocycles. The number of benzene rings is 2. The van der Waals surface area contributed by atoms with E-state index in [9.17, 15) is 13.2 Å². The topological polar surface area (TPSA) is 100 Å². The highest BCUT2D eigenvalue weighted by Crippen LogP contribution is 2.20. The predicted octanol–water partition coefficient (Wildman–Crippen LogP) is 4.53. The van der Waals surface area contributed by atoms with Gasteiger partial charge < -0.3 is 9.73 Å². The first-order valence-electron chi connectivity index (χ1n) is 9.68. The number of furan rings is 1. The second-order valence-electron chi connectivity index (χ2n) is 7.23. The van der Waals surface area contributed by atoms with Gasteiger partial charge in [0.1, 0.15) is 11.5 Å². The third-order valence-electron chi connectivity index (χ3n) is 4.29. The monoisotopic (exact) mass is 469 g/mol. The first-order chi connectivity index (χ1) is 15.1. The summed E-state index contributed by atoms with van der Waals surface area (Å²) in [7, 11) is -3.74. The number of carbonyl (C=O) groups excluding carboxylic acids is 1. The number of thiocarbonyl (C=S) groups is 1. The summed E-state index contributed by atoms with van der Waals surface area (Å²) in [5.74, 6) is 0.882. The van der Waals surface area contributed by atoms with E-state index in [0.29, 0.717) is 17.1 Å². The van der Waals surface area contributed by atoms with Crippen molar-refractivity contribution in [1.29, 1.82) is 0 Å². The standard InChI is InChI=1S/C23H23N3O4S2/c1-15-12-16(2)14-19(13-15)26-32(28,29)21-9-5-18(6-10-21)24-23(31)25-22(27)11-8-20-7-4-17(3)30-20/h4-14,26H,1-3H3,(H2,24,25,27,31). The van der Waals surface area contributed by atoms with Crippen LogP contribution in [0.25, 0.3) is 6.08 Å². The molecule has 0 fully saturated rings. The van der Waals surface area contributed by atoms with Gasteiger partial charge in [0.2, 0.25) is 5.91 Å². The molecule has 7 nitrogen and oxygen atoms in total. The quantitative estimate of drug-likeness (QED) is 0.362. The highest BCUT2D eigenvalue weighted by Gasteiger charge is 2.14. The van der Waals surface area contributed by atoms with Crippen LogP contribution in [0.15, 0.2) is 70.0 Å². The molecule has 0 atom stereocenters. The van der Waals surface area contributed by atoms with Crippen LogP contribution in [0.3, 0.4) is 0 Å². The minimum atomic E-state index is -3.74. The smallest absolute Gasteiger partial charge is 0.261 e. The van der Waals surface area contributed by atoms with Crippen molar-refractivity contribution < 1.29 is 17.6 Å². The van der Waals surface area contributed by atoms with Crippen LogP contribution in [0.1, 0.15) is 22.6 Å². The Hall–Kier alpha value is -3.43. The van der Waals surface area contributed by atoms with Crippen LogP contribution >= 0.6 is 12.2 Å². The molecule has 1 amide bonds. The molecule has 3 N–H and O–H groups in total. The Morgan fingerprint density at radius 3 is 2.19 bits per heavy atom. The van der Waals surface area contributed by atoms with Crippen LogP contribution in [-0.2, 0) is 14.8 Å². The molecule has 2 aromatic carbocycles. The van der Waals surface area contributed by atoms with Gasteiger partial charge in [-0.15, -0.1) is 0 Å². The van der Waals surface area contributed by atoms with Gasteiger partial charge in [-0.1, -0.05) is 6.07 Å². The molecule has 1 aromatic heterocycles. The van der Waals surface area contributed by atoms with E-state index in [1.54, 1.807) is 36.4 Å². The lowest BCUT2D eigenvalue weighted by Crippen LogP contribution is -2.32. The van der Waals surface area contributed by atoms with E-state index in [4.69, 9.17) is 16.6 Å². The summed E-state index contributed by atoms with van der Waals surface area (Å²) in [6.45, 7) is 5.62. The Morgan fingerprint density at radius 1 is 0.938 bits per heavy atom. The molecule has 32 heavy (non-hydrogen) atoms. The van der Waals surface area contributed by atoms with Gasteiger partial charge in [0.05, 0.1) is 4.90 Å². The number of nitrogens with one attached hydrogen (secondary N) is 3. The average molecular weight is 470 g/mol. The molecule has 166 valence electrons. The molecule has 1 heterocycles. The fourth-order valence-electron chi connectivity index (χ4n) is 2.98. The largest absolute Gasteiger partial charge is 0.462 e. The molecule has 0 unspecified atom stereocenters. The zero-order valence-electron chi connectivity index (χ0n) is 17.8. The molecule has 0 aliphatic rings. The fourth-order valence-corrected chi connectivity index (χ4v) is 4.24. The Kier molecular flexibility index (Phi) is 7.12. The summed E-state index contributed by atoms with van der Waals surface area (Å²) in [5, 5.41) is 5.44. The van der Waals surface area contributed by atoms with E-state index in [2.05, 4.69) is 15.4 Å². The molecule has 0 aliphatic carbocycles. The lowest BCUT2D eigenvalue weighted by molar-refractivity contribution is -0.115. The van der Waals surface area contributed by atoms with Crippen molar-refractivity contribution in [3.8, 4) is 0 Å². The van der Waals surface area contributed by atoms with E-state index >= 15 is 0 Å². The zero-order valence-corrected chi connectivity index (χ0v) is 19.4. The normalized spacial score (nSPS) is 11.3. The summed E-state index contributed by atoms with van der Waals surface area (Å²) in [6.07, 6.45) is 2.84. The van der Waals surface area contributed by atoms with Crippen LogP contribution in [0, 0.1) is 20.8 Å². The molecule has 3 aromatic rings. The van der Waals surface area contributed by atoms with Crippen molar-refractivity contribution in [2.75, 3.05) is 10.0 Å². The van der Waals surface area contributed by atoms with Gasteiger partial charge in [-0.05, 0) is 98.7 Å². The maximum Gasteiger partial charge on any atom is 0.261 e. The van der Waals surface area contributed by atoms with Crippen molar-refractivity contribution in [3.05, 3.63) is 83.3 Å². The first-order valence-corrected chi connectivity index (χ1v) is 11.6. The summed E-state index contributed by atoms with van der Waals surface area (Å²) < 4.78 is 33.3. The molecule has 9 heteroatoms. The zero-order chi connectivity index (χ0) is 23.3. The van der Waals surface area contributed by atoms with Gasteiger partial charge in [-0.25, -0.2) is 8.42 Å². The van der Waals surface area contributed by atoms with Crippen LogP contribution in [-0.4, -0.2) is 19.4 Å². The maximum absolute atomic E-state index is 12.7. The Morgan fingerprint density at radius 2 is 1.59 bits per heavy atom. The Balaban J connectivity index is 1.59.